The molecule has 212 valence electrons. The first-order valence-corrected chi connectivity index (χ1v) is 13.5. The number of alkyl halides is 3. The average Bonchev–Trinajstić information content (AvgIpc) is 2.97. The van der Waals surface area contributed by atoms with Gasteiger partial charge in [0.05, 0.1) is 12.2 Å². The van der Waals surface area contributed by atoms with E-state index in [0.29, 0.717) is 68.3 Å². The number of piperazine rings is 1. The van der Waals surface area contributed by atoms with Crippen LogP contribution >= 0.6 is 0 Å². The molecule has 6 nitrogen and oxygen atoms in total. The number of anilines is 1. The predicted molar refractivity (Wildman–Crippen MR) is 150 cm³/mol. The molecule has 0 N–H and O–H groups in total. The summed E-state index contributed by atoms with van der Waals surface area (Å²) < 4.78 is 46.9. The number of rotatable bonds is 8. The van der Waals surface area contributed by atoms with Crippen LogP contribution in [0.5, 0.6) is 5.75 Å². The highest BCUT2D eigenvalue weighted by atomic mass is 19.4. The van der Waals surface area contributed by atoms with Crippen LogP contribution in [0.1, 0.15) is 47.1 Å². The Balaban J connectivity index is 1.49. The van der Waals surface area contributed by atoms with Gasteiger partial charge in [0.25, 0.3) is 11.8 Å². The monoisotopic (exact) mass is 553 g/mol. The van der Waals surface area contributed by atoms with Crippen molar-refractivity contribution in [3.8, 4) is 16.9 Å². The van der Waals surface area contributed by atoms with Crippen molar-refractivity contribution in [2.24, 2.45) is 0 Å². The fourth-order valence-corrected chi connectivity index (χ4v) is 4.87. The van der Waals surface area contributed by atoms with E-state index in [0.717, 1.165) is 17.8 Å². The molecule has 1 heterocycles. The number of hydrogen-bond acceptors (Lipinski definition) is 4. The molecule has 0 bridgehead atoms. The van der Waals surface area contributed by atoms with E-state index in [1.54, 1.807) is 46.2 Å². The van der Waals surface area contributed by atoms with E-state index in [9.17, 15) is 22.8 Å². The number of halogens is 3. The summed E-state index contributed by atoms with van der Waals surface area (Å²) in [6.45, 7) is 9.20. The Hall–Kier alpha value is -4.01. The molecule has 1 fully saturated rings. The Kier molecular flexibility index (Phi) is 9.02. The lowest BCUT2D eigenvalue weighted by molar-refractivity contribution is -0.137. The molecule has 2 amide bonds. The van der Waals surface area contributed by atoms with Crippen molar-refractivity contribution in [3.05, 3.63) is 83.4 Å². The second-order valence-electron chi connectivity index (χ2n) is 9.56. The van der Waals surface area contributed by atoms with Gasteiger partial charge in [-0.1, -0.05) is 12.1 Å². The summed E-state index contributed by atoms with van der Waals surface area (Å²) in [6.07, 6.45) is -4.60. The molecule has 0 atom stereocenters. The van der Waals surface area contributed by atoms with Crippen LogP contribution in [0.15, 0.2) is 66.7 Å². The average molecular weight is 554 g/mol. The molecule has 9 heteroatoms. The van der Waals surface area contributed by atoms with E-state index in [2.05, 4.69) is 4.90 Å². The summed E-state index contributed by atoms with van der Waals surface area (Å²) in [5.74, 6) is 0.0945. The molecule has 40 heavy (non-hydrogen) atoms. The van der Waals surface area contributed by atoms with Gasteiger partial charge in [-0.05, 0) is 86.5 Å². The van der Waals surface area contributed by atoms with Crippen molar-refractivity contribution in [2.45, 2.75) is 26.9 Å². The maximum atomic E-state index is 13.8. The summed E-state index contributed by atoms with van der Waals surface area (Å²) in [6, 6.07) is 17.7. The Labute approximate surface area is 232 Å². The lowest BCUT2D eigenvalue weighted by atomic mass is 9.98. The van der Waals surface area contributed by atoms with Crippen LogP contribution in [0, 0.1) is 0 Å². The minimum atomic E-state index is -4.60. The summed E-state index contributed by atoms with van der Waals surface area (Å²) in [4.78, 5) is 31.4. The van der Waals surface area contributed by atoms with Crippen LogP contribution in [-0.4, -0.2) is 67.5 Å². The van der Waals surface area contributed by atoms with Crippen molar-refractivity contribution < 1.29 is 27.5 Å². The normalized spacial score (nSPS) is 13.8. The van der Waals surface area contributed by atoms with Gasteiger partial charge >= 0.3 is 6.18 Å². The van der Waals surface area contributed by atoms with Crippen LogP contribution < -0.4 is 9.64 Å². The van der Waals surface area contributed by atoms with Crippen LogP contribution in [-0.2, 0) is 6.18 Å². The maximum absolute atomic E-state index is 13.8. The Morgan fingerprint density at radius 3 is 2.10 bits per heavy atom. The van der Waals surface area contributed by atoms with Gasteiger partial charge < -0.3 is 19.4 Å². The predicted octanol–water partition coefficient (Wildman–Crippen LogP) is 6.22. The maximum Gasteiger partial charge on any atom is 0.416 e. The Morgan fingerprint density at radius 2 is 1.50 bits per heavy atom. The van der Waals surface area contributed by atoms with Gasteiger partial charge in [0, 0.05) is 56.1 Å². The molecular formula is C31H34F3N3O3. The number of nitrogens with zero attached hydrogens (tertiary/aromatic N) is 3. The van der Waals surface area contributed by atoms with Gasteiger partial charge in [-0.2, -0.15) is 13.2 Å². The third-order valence-corrected chi connectivity index (χ3v) is 7.08. The highest BCUT2D eigenvalue weighted by Crippen LogP contribution is 2.35. The summed E-state index contributed by atoms with van der Waals surface area (Å²) >= 11 is 0. The highest BCUT2D eigenvalue weighted by Gasteiger charge is 2.33. The molecule has 0 spiro atoms. The lowest BCUT2D eigenvalue weighted by Gasteiger charge is -2.36. The summed E-state index contributed by atoms with van der Waals surface area (Å²) in [5.41, 5.74) is 1.52. The summed E-state index contributed by atoms with van der Waals surface area (Å²) in [7, 11) is 0. The number of ether oxygens (including phenoxy) is 1. The van der Waals surface area contributed by atoms with E-state index in [4.69, 9.17) is 4.74 Å². The highest BCUT2D eigenvalue weighted by molar-refractivity contribution is 5.96. The van der Waals surface area contributed by atoms with E-state index >= 15 is 0 Å². The standard InChI is InChI=1S/C31H34F3N3O3/c1-4-35(5-2)29(38)22-10-12-27(13-11-22)36-14-16-37(17-15-36)30(39)25-18-24(19-26(20-25)31(32,33)34)23-8-7-9-28(21-23)40-6-3/h7-13,18-21H,4-6,14-17H2,1-3H3. The van der Waals surface area contributed by atoms with E-state index in [1.807, 2.05) is 32.9 Å². The topological polar surface area (TPSA) is 53.1 Å². The molecule has 0 radical (unpaired) electrons. The Bertz CT molecular complexity index is 1330. The summed E-state index contributed by atoms with van der Waals surface area (Å²) in [5, 5.41) is 0. The van der Waals surface area contributed by atoms with Gasteiger partial charge in [0.15, 0.2) is 0 Å². The smallest absolute Gasteiger partial charge is 0.416 e. The number of hydrogen-bond donors (Lipinski definition) is 0. The first-order chi connectivity index (χ1) is 19.1. The molecule has 1 saturated heterocycles. The molecule has 1 aliphatic rings. The zero-order chi connectivity index (χ0) is 28.9. The zero-order valence-corrected chi connectivity index (χ0v) is 23.0. The molecule has 0 aromatic heterocycles. The second kappa shape index (κ2) is 12.4. The van der Waals surface area contributed by atoms with Crippen molar-refractivity contribution >= 4 is 17.5 Å². The first kappa shape index (κ1) is 29.0. The molecule has 1 aliphatic heterocycles. The molecule has 3 aromatic rings. The Morgan fingerprint density at radius 1 is 0.825 bits per heavy atom. The second-order valence-corrected chi connectivity index (χ2v) is 9.56. The SMILES string of the molecule is CCOc1cccc(-c2cc(C(=O)N3CCN(c4ccc(C(=O)N(CC)CC)cc4)CC3)cc(C(F)(F)F)c2)c1. The molecule has 0 saturated carbocycles. The number of amides is 2. The fourth-order valence-electron chi connectivity index (χ4n) is 4.87. The van der Waals surface area contributed by atoms with Crippen molar-refractivity contribution in [2.75, 3.05) is 50.8 Å². The number of benzene rings is 3. The third kappa shape index (κ3) is 6.58. The van der Waals surface area contributed by atoms with E-state index in [-0.39, 0.29) is 11.5 Å². The molecule has 3 aromatic carbocycles. The zero-order valence-electron chi connectivity index (χ0n) is 23.0. The van der Waals surface area contributed by atoms with Gasteiger partial charge in [0.1, 0.15) is 5.75 Å². The van der Waals surface area contributed by atoms with Crippen LogP contribution in [0.25, 0.3) is 11.1 Å². The van der Waals surface area contributed by atoms with Gasteiger partial charge in [-0.3, -0.25) is 9.59 Å². The number of carbonyl (C=O) groups is 2. The quantitative estimate of drug-likeness (QED) is 0.333. The number of carbonyl (C=O) groups excluding carboxylic acids is 2. The molecule has 0 unspecified atom stereocenters. The minimum Gasteiger partial charge on any atom is -0.494 e. The van der Waals surface area contributed by atoms with Crippen LogP contribution in [0.4, 0.5) is 18.9 Å². The molecule has 4 rings (SSSR count). The van der Waals surface area contributed by atoms with Crippen LogP contribution in [0.2, 0.25) is 0 Å². The lowest BCUT2D eigenvalue weighted by Crippen LogP contribution is -2.48. The van der Waals surface area contributed by atoms with E-state index < -0.39 is 17.6 Å². The molecule has 0 aliphatic carbocycles. The van der Waals surface area contributed by atoms with E-state index in [1.165, 1.54) is 6.07 Å². The van der Waals surface area contributed by atoms with Gasteiger partial charge in [-0.15, -0.1) is 0 Å². The van der Waals surface area contributed by atoms with Gasteiger partial charge in [-0.25, -0.2) is 0 Å². The van der Waals surface area contributed by atoms with Crippen molar-refractivity contribution in [3.63, 3.8) is 0 Å². The third-order valence-electron chi connectivity index (χ3n) is 7.08. The van der Waals surface area contributed by atoms with Gasteiger partial charge in [0.2, 0.25) is 0 Å². The largest absolute Gasteiger partial charge is 0.494 e. The van der Waals surface area contributed by atoms with Crippen molar-refractivity contribution in [1.82, 2.24) is 9.80 Å². The first-order valence-electron chi connectivity index (χ1n) is 13.5. The minimum absolute atomic E-state index is 0.000597. The van der Waals surface area contributed by atoms with Crippen LogP contribution in [0.3, 0.4) is 0 Å². The fraction of sp³-hybridized carbons (Fsp3) is 0.355. The molecular weight excluding hydrogens is 519 g/mol. The van der Waals surface area contributed by atoms with Crippen molar-refractivity contribution in [1.29, 1.82) is 0 Å².